The van der Waals surface area contributed by atoms with Crippen LogP contribution in [0.25, 0.3) is 6.08 Å². The summed E-state index contributed by atoms with van der Waals surface area (Å²) in [6, 6.07) is 6.02. The lowest BCUT2D eigenvalue weighted by molar-refractivity contribution is -0.131. The lowest BCUT2D eigenvalue weighted by Crippen LogP contribution is -2.33. The Morgan fingerprint density at radius 1 is 1.55 bits per heavy atom. The fraction of sp³-hybridized carbons (Fsp3) is 0.400. The van der Waals surface area contributed by atoms with Crippen LogP contribution in [-0.2, 0) is 4.79 Å². The topological polar surface area (TPSA) is 40.5 Å². The van der Waals surface area contributed by atoms with E-state index >= 15 is 0 Å². The largest absolute Gasteiger partial charge is 0.478 e. The van der Waals surface area contributed by atoms with Crippen LogP contribution in [0.3, 0.4) is 0 Å². The molecule has 20 heavy (non-hydrogen) atoms. The average Bonchev–Trinajstić information content (AvgIpc) is 2.42. The Bertz CT molecular complexity index is 491. The molecule has 0 radical (unpaired) electrons. The van der Waals surface area contributed by atoms with Gasteiger partial charge in [0.15, 0.2) is 0 Å². The number of rotatable bonds is 7. The standard InChI is InChI=1S/C15H20ClNO2S/c1-4-11(10-20-3)17(2)14-7-5-6-13(16)12(14)8-9-15(18)19/h5-9,11H,4,10H2,1-3H3,(H,18,19)/b9-8+. The third kappa shape index (κ3) is 4.46. The highest BCUT2D eigenvalue weighted by molar-refractivity contribution is 7.98. The number of aliphatic carboxylic acids is 1. The zero-order chi connectivity index (χ0) is 15.1. The minimum atomic E-state index is -0.977. The van der Waals surface area contributed by atoms with Gasteiger partial charge in [0.25, 0.3) is 0 Å². The summed E-state index contributed by atoms with van der Waals surface area (Å²) in [6.07, 6.45) is 5.78. The first-order valence-corrected chi connectivity index (χ1v) is 8.19. The van der Waals surface area contributed by atoms with Gasteiger partial charge in [-0.25, -0.2) is 4.79 Å². The van der Waals surface area contributed by atoms with E-state index in [0.29, 0.717) is 11.1 Å². The van der Waals surface area contributed by atoms with E-state index in [9.17, 15) is 4.79 Å². The summed E-state index contributed by atoms with van der Waals surface area (Å²) in [5.41, 5.74) is 1.70. The second-order valence-electron chi connectivity index (χ2n) is 4.47. The predicted octanol–water partition coefficient (Wildman–Crippen LogP) is 4.02. The van der Waals surface area contributed by atoms with Crippen molar-refractivity contribution in [2.45, 2.75) is 19.4 Å². The Morgan fingerprint density at radius 3 is 2.80 bits per heavy atom. The van der Waals surface area contributed by atoms with Gasteiger partial charge in [-0.1, -0.05) is 24.6 Å². The van der Waals surface area contributed by atoms with Gasteiger partial charge in [0.05, 0.1) is 0 Å². The Labute approximate surface area is 129 Å². The summed E-state index contributed by atoms with van der Waals surface area (Å²) in [4.78, 5) is 12.9. The molecule has 1 N–H and O–H groups in total. The van der Waals surface area contributed by atoms with Crippen LogP contribution in [0.5, 0.6) is 0 Å². The van der Waals surface area contributed by atoms with Crippen LogP contribution in [-0.4, -0.2) is 36.2 Å². The molecule has 110 valence electrons. The van der Waals surface area contributed by atoms with Gasteiger partial charge in [-0.3, -0.25) is 0 Å². The molecule has 1 atom stereocenters. The van der Waals surface area contributed by atoms with Gasteiger partial charge in [0, 0.05) is 41.2 Å². The SMILES string of the molecule is CCC(CSC)N(C)c1cccc(Cl)c1/C=C/C(=O)O. The Morgan fingerprint density at radius 2 is 2.25 bits per heavy atom. The molecule has 3 nitrogen and oxygen atoms in total. The zero-order valence-corrected chi connectivity index (χ0v) is 13.5. The number of hydrogen-bond acceptors (Lipinski definition) is 3. The highest BCUT2D eigenvalue weighted by atomic mass is 35.5. The number of anilines is 1. The molecule has 0 spiro atoms. The van der Waals surface area contributed by atoms with E-state index in [4.69, 9.17) is 16.7 Å². The van der Waals surface area contributed by atoms with Crippen LogP contribution in [0.4, 0.5) is 5.69 Å². The normalized spacial score (nSPS) is 12.6. The summed E-state index contributed by atoms with van der Waals surface area (Å²) >= 11 is 8.00. The van der Waals surface area contributed by atoms with Crippen LogP contribution in [0, 0.1) is 0 Å². The molecule has 0 saturated heterocycles. The van der Waals surface area contributed by atoms with Crippen molar-refractivity contribution in [2.24, 2.45) is 0 Å². The molecule has 0 amide bonds. The predicted molar refractivity (Wildman–Crippen MR) is 89.0 cm³/mol. The van der Waals surface area contributed by atoms with Gasteiger partial charge in [0.1, 0.15) is 0 Å². The van der Waals surface area contributed by atoms with Gasteiger partial charge in [-0.15, -0.1) is 0 Å². The second kappa shape index (κ2) is 8.22. The minimum absolute atomic E-state index is 0.389. The second-order valence-corrected chi connectivity index (χ2v) is 5.79. The summed E-state index contributed by atoms with van der Waals surface area (Å²) in [5.74, 6) is 0.0383. The average molecular weight is 314 g/mol. The summed E-state index contributed by atoms with van der Waals surface area (Å²) in [5, 5.41) is 9.35. The van der Waals surface area contributed by atoms with Crippen molar-refractivity contribution in [3.8, 4) is 0 Å². The van der Waals surface area contributed by atoms with E-state index in [-0.39, 0.29) is 0 Å². The van der Waals surface area contributed by atoms with E-state index < -0.39 is 5.97 Å². The summed E-state index contributed by atoms with van der Waals surface area (Å²) in [7, 11) is 2.02. The molecule has 1 rings (SSSR count). The maximum Gasteiger partial charge on any atom is 0.328 e. The summed E-state index contributed by atoms with van der Waals surface area (Å²) < 4.78 is 0. The number of carbonyl (C=O) groups is 1. The number of halogens is 1. The third-order valence-electron chi connectivity index (χ3n) is 3.18. The van der Waals surface area contributed by atoms with Gasteiger partial charge in [-0.2, -0.15) is 11.8 Å². The van der Waals surface area contributed by atoms with Gasteiger partial charge >= 0.3 is 5.97 Å². The van der Waals surface area contributed by atoms with Crippen molar-refractivity contribution >= 4 is 41.1 Å². The molecular formula is C15H20ClNO2S. The molecule has 1 aromatic rings. The molecular weight excluding hydrogens is 294 g/mol. The van der Waals surface area contributed by atoms with E-state index in [0.717, 1.165) is 29.5 Å². The van der Waals surface area contributed by atoms with Crippen LogP contribution in [0.2, 0.25) is 5.02 Å². The highest BCUT2D eigenvalue weighted by Crippen LogP contribution is 2.30. The number of carboxylic acid groups (broad SMARTS) is 1. The monoisotopic (exact) mass is 313 g/mol. The quantitative estimate of drug-likeness (QED) is 0.772. The van der Waals surface area contributed by atoms with Crippen molar-refractivity contribution < 1.29 is 9.90 Å². The van der Waals surface area contributed by atoms with Crippen molar-refractivity contribution in [1.29, 1.82) is 0 Å². The van der Waals surface area contributed by atoms with Crippen LogP contribution >= 0.6 is 23.4 Å². The Balaban J connectivity index is 3.16. The van der Waals surface area contributed by atoms with E-state index in [1.54, 1.807) is 23.9 Å². The smallest absolute Gasteiger partial charge is 0.328 e. The molecule has 0 aliphatic heterocycles. The molecule has 0 saturated carbocycles. The molecule has 0 heterocycles. The molecule has 0 bridgehead atoms. The molecule has 0 aliphatic carbocycles. The first kappa shape index (κ1) is 16.9. The van der Waals surface area contributed by atoms with E-state index in [1.165, 1.54) is 0 Å². The van der Waals surface area contributed by atoms with E-state index in [1.807, 2.05) is 19.2 Å². The number of benzene rings is 1. The zero-order valence-electron chi connectivity index (χ0n) is 12.0. The summed E-state index contributed by atoms with van der Waals surface area (Å²) in [6.45, 7) is 2.15. The van der Waals surface area contributed by atoms with Crippen molar-refractivity contribution in [3.63, 3.8) is 0 Å². The third-order valence-corrected chi connectivity index (χ3v) is 4.23. The number of carboxylic acids is 1. The van der Waals surface area contributed by atoms with Crippen LogP contribution in [0.1, 0.15) is 18.9 Å². The molecule has 1 unspecified atom stereocenters. The fourth-order valence-electron chi connectivity index (χ4n) is 2.05. The molecule has 5 heteroatoms. The Kier molecular flexibility index (Phi) is 6.96. The first-order chi connectivity index (χ1) is 9.51. The fourth-order valence-corrected chi connectivity index (χ4v) is 3.12. The minimum Gasteiger partial charge on any atom is -0.478 e. The van der Waals surface area contributed by atoms with Gasteiger partial charge < -0.3 is 10.0 Å². The number of nitrogens with zero attached hydrogens (tertiary/aromatic N) is 1. The molecule has 1 aromatic carbocycles. The van der Waals surface area contributed by atoms with Crippen LogP contribution < -0.4 is 4.90 Å². The maximum atomic E-state index is 10.7. The molecule has 0 aliphatic rings. The van der Waals surface area contributed by atoms with Crippen LogP contribution in [0.15, 0.2) is 24.3 Å². The lowest BCUT2D eigenvalue weighted by Gasteiger charge is -2.30. The van der Waals surface area contributed by atoms with Crippen molar-refractivity contribution in [1.82, 2.24) is 0 Å². The maximum absolute atomic E-state index is 10.7. The van der Waals surface area contributed by atoms with E-state index in [2.05, 4.69) is 18.1 Å². The Hall–Kier alpha value is -1.13. The number of hydrogen-bond donors (Lipinski definition) is 1. The lowest BCUT2D eigenvalue weighted by atomic mass is 10.1. The highest BCUT2D eigenvalue weighted by Gasteiger charge is 2.16. The van der Waals surface area contributed by atoms with Crippen molar-refractivity contribution in [2.75, 3.05) is 24.0 Å². The molecule has 0 fully saturated rings. The molecule has 0 aromatic heterocycles. The van der Waals surface area contributed by atoms with Crippen molar-refractivity contribution in [3.05, 3.63) is 34.9 Å². The number of thioether (sulfide) groups is 1. The van der Waals surface area contributed by atoms with Gasteiger partial charge in [-0.05, 0) is 30.9 Å². The van der Waals surface area contributed by atoms with Gasteiger partial charge in [0.2, 0.25) is 0 Å². The first-order valence-electron chi connectivity index (χ1n) is 6.42.